The molecule has 0 spiro atoms. The number of hydrogen-bond acceptors (Lipinski definition) is 2. The maximum Gasteiger partial charge on any atom is 0.129 e. The van der Waals surface area contributed by atoms with Gasteiger partial charge in [-0.2, -0.15) is 0 Å². The Hall–Kier alpha value is -1.46. The summed E-state index contributed by atoms with van der Waals surface area (Å²) in [5.74, 6) is -1.19. The molecule has 2 nitrogen and oxygen atoms in total. The third-order valence-corrected chi connectivity index (χ3v) is 3.58. The fourth-order valence-electron chi connectivity index (χ4n) is 1.85. The predicted octanol–water partition coefficient (Wildman–Crippen LogP) is 4.18. The number of aryl methyl sites for hydroxylation is 1. The molecule has 0 amide bonds. The van der Waals surface area contributed by atoms with E-state index in [2.05, 4.69) is 21.2 Å². The second kappa shape index (κ2) is 6.33. The van der Waals surface area contributed by atoms with Gasteiger partial charge >= 0.3 is 0 Å². The zero-order valence-corrected chi connectivity index (χ0v) is 12.4. The molecule has 20 heavy (non-hydrogen) atoms. The number of hydrogen-bond donors (Lipinski definition) is 2. The minimum absolute atomic E-state index is 0.0549. The van der Waals surface area contributed by atoms with Gasteiger partial charge in [-0.25, -0.2) is 8.78 Å². The van der Waals surface area contributed by atoms with Gasteiger partial charge in [0.05, 0.1) is 6.10 Å². The molecule has 2 aromatic carbocycles. The van der Waals surface area contributed by atoms with Crippen LogP contribution in [0.4, 0.5) is 14.5 Å². The van der Waals surface area contributed by atoms with Crippen molar-refractivity contribution in [2.24, 2.45) is 0 Å². The van der Waals surface area contributed by atoms with Gasteiger partial charge < -0.3 is 10.4 Å². The molecule has 0 radical (unpaired) electrons. The van der Waals surface area contributed by atoms with Gasteiger partial charge in [-0.3, -0.25) is 0 Å². The van der Waals surface area contributed by atoms with E-state index in [0.717, 1.165) is 33.9 Å². The zero-order valence-electron chi connectivity index (χ0n) is 10.8. The van der Waals surface area contributed by atoms with Crippen molar-refractivity contribution in [3.8, 4) is 0 Å². The van der Waals surface area contributed by atoms with E-state index < -0.39 is 17.7 Å². The van der Waals surface area contributed by atoms with Gasteiger partial charge in [0.25, 0.3) is 0 Å². The van der Waals surface area contributed by atoms with Crippen LogP contribution in [0, 0.1) is 18.6 Å². The second-order valence-corrected chi connectivity index (χ2v) is 5.40. The largest absolute Gasteiger partial charge is 0.386 e. The molecule has 0 aliphatic carbocycles. The summed E-state index contributed by atoms with van der Waals surface area (Å²) in [4.78, 5) is 0. The quantitative estimate of drug-likeness (QED) is 0.874. The lowest BCUT2D eigenvalue weighted by atomic mass is 10.1. The van der Waals surface area contributed by atoms with Crippen molar-refractivity contribution in [2.75, 3.05) is 11.9 Å². The summed E-state index contributed by atoms with van der Waals surface area (Å²) < 4.78 is 27.4. The van der Waals surface area contributed by atoms with Gasteiger partial charge in [0, 0.05) is 22.3 Å². The van der Waals surface area contributed by atoms with E-state index in [0.29, 0.717) is 0 Å². The van der Waals surface area contributed by atoms with Crippen LogP contribution in [0.5, 0.6) is 0 Å². The molecule has 0 aliphatic heterocycles. The van der Waals surface area contributed by atoms with Crippen LogP contribution >= 0.6 is 15.9 Å². The molecular weight excluding hydrogens is 328 g/mol. The van der Waals surface area contributed by atoms with Gasteiger partial charge in [-0.05, 0) is 58.7 Å². The average molecular weight is 342 g/mol. The van der Waals surface area contributed by atoms with Gasteiger partial charge in [0.15, 0.2) is 0 Å². The van der Waals surface area contributed by atoms with Crippen LogP contribution < -0.4 is 5.32 Å². The molecule has 2 rings (SSSR count). The van der Waals surface area contributed by atoms with Crippen molar-refractivity contribution < 1.29 is 13.9 Å². The molecule has 0 aromatic heterocycles. The van der Waals surface area contributed by atoms with Crippen molar-refractivity contribution in [1.82, 2.24) is 0 Å². The van der Waals surface area contributed by atoms with E-state index in [-0.39, 0.29) is 12.1 Å². The summed E-state index contributed by atoms with van der Waals surface area (Å²) in [6.07, 6.45) is -1.13. The summed E-state index contributed by atoms with van der Waals surface area (Å²) in [6.45, 7) is 2.05. The van der Waals surface area contributed by atoms with Gasteiger partial charge in [-0.1, -0.05) is 6.07 Å². The van der Waals surface area contributed by atoms with E-state index in [4.69, 9.17) is 0 Å². The van der Waals surface area contributed by atoms with E-state index in [1.165, 1.54) is 0 Å². The minimum Gasteiger partial charge on any atom is -0.386 e. The lowest BCUT2D eigenvalue weighted by Gasteiger charge is -2.15. The molecule has 1 atom stereocenters. The monoisotopic (exact) mass is 341 g/mol. The fraction of sp³-hybridized carbons (Fsp3) is 0.200. The molecular formula is C15H14BrF2NO. The fourth-order valence-corrected chi connectivity index (χ4v) is 2.48. The molecule has 1 unspecified atom stereocenters. The Kier molecular flexibility index (Phi) is 4.73. The number of aliphatic hydroxyl groups is 1. The lowest BCUT2D eigenvalue weighted by molar-refractivity contribution is 0.186. The molecule has 0 saturated heterocycles. The number of nitrogens with one attached hydrogen (secondary N) is 1. The molecule has 2 aromatic rings. The summed E-state index contributed by atoms with van der Waals surface area (Å²) in [7, 11) is 0. The van der Waals surface area contributed by atoms with Crippen molar-refractivity contribution in [3.63, 3.8) is 0 Å². The topological polar surface area (TPSA) is 32.3 Å². The van der Waals surface area contributed by atoms with Crippen LogP contribution in [0.25, 0.3) is 0 Å². The molecule has 2 N–H and O–H groups in total. The first-order valence-corrected chi connectivity index (χ1v) is 6.89. The van der Waals surface area contributed by atoms with Crippen molar-refractivity contribution >= 4 is 21.6 Å². The molecule has 0 fully saturated rings. The maximum absolute atomic E-state index is 13.5. The summed E-state index contributed by atoms with van der Waals surface area (Å²) >= 11 is 3.40. The third-order valence-electron chi connectivity index (χ3n) is 2.93. The van der Waals surface area contributed by atoms with Crippen LogP contribution in [-0.2, 0) is 0 Å². The number of halogens is 3. The lowest BCUT2D eigenvalue weighted by Crippen LogP contribution is -2.14. The molecule has 0 aliphatic rings. The molecule has 0 bridgehead atoms. The summed E-state index contributed by atoms with van der Waals surface area (Å²) in [6, 6.07) is 8.74. The van der Waals surface area contributed by atoms with Gasteiger partial charge in [0.2, 0.25) is 0 Å². The Morgan fingerprint density at radius 3 is 2.65 bits per heavy atom. The smallest absolute Gasteiger partial charge is 0.129 e. The highest BCUT2D eigenvalue weighted by Gasteiger charge is 2.14. The van der Waals surface area contributed by atoms with E-state index in [1.807, 2.05) is 25.1 Å². The number of aliphatic hydroxyl groups excluding tert-OH is 1. The van der Waals surface area contributed by atoms with Gasteiger partial charge in [0.1, 0.15) is 11.6 Å². The Labute approximate surface area is 124 Å². The summed E-state index contributed by atoms with van der Waals surface area (Å²) in [5, 5.41) is 12.9. The average Bonchev–Trinajstić information content (AvgIpc) is 2.40. The minimum atomic E-state index is -1.13. The highest BCUT2D eigenvalue weighted by atomic mass is 79.9. The SMILES string of the molecule is Cc1ccc(NCC(O)c2cc(F)ccc2F)c(Br)c1. The standard InChI is InChI=1S/C15H14BrF2NO/c1-9-2-5-14(12(16)6-9)19-8-15(20)11-7-10(17)3-4-13(11)18/h2-7,15,19-20H,8H2,1H3. The van der Waals surface area contributed by atoms with Crippen LogP contribution in [0.3, 0.4) is 0 Å². The zero-order chi connectivity index (χ0) is 14.7. The molecule has 5 heteroatoms. The molecule has 106 valence electrons. The Balaban J connectivity index is 2.08. The Bertz CT molecular complexity index is 619. The normalized spacial score (nSPS) is 12.2. The third kappa shape index (κ3) is 3.55. The maximum atomic E-state index is 13.5. The Morgan fingerprint density at radius 2 is 1.95 bits per heavy atom. The Morgan fingerprint density at radius 1 is 1.20 bits per heavy atom. The van der Waals surface area contributed by atoms with E-state index >= 15 is 0 Å². The predicted molar refractivity (Wildman–Crippen MR) is 78.7 cm³/mol. The first kappa shape index (κ1) is 14.9. The first-order valence-electron chi connectivity index (χ1n) is 6.10. The highest BCUT2D eigenvalue weighted by Crippen LogP contribution is 2.25. The molecule has 0 heterocycles. The number of rotatable bonds is 4. The van der Waals surface area contributed by atoms with E-state index in [9.17, 15) is 13.9 Å². The highest BCUT2D eigenvalue weighted by molar-refractivity contribution is 9.10. The number of anilines is 1. The van der Waals surface area contributed by atoms with Crippen molar-refractivity contribution in [2.45, 2.75) is 13.0 Å². The van der Waals surface area contributed by atoms with Crippen molar-refractivity contribution in [1.29, 1.82) is 0 Å². The van der Waals surface area contributed by atoms with E-state index in [1.54, 1.807) is 0 Å². The van der Waals surface area contributed by atoms with Crippen LogP contribution in [0.15, 0.2) is 40.9 Å². The van der Waals surface area contributed by atoms with Gasteiger partial charge in [-0.15, -0.1) is 0 Å². The molecule has 0 saturated carbocycles. The number of benzene rings is 2. The second-order valence-electron chi connectivity index (χ2n) is 4.55. The van der Waals surface area contributed by atoms with Crippen LogP contribution in [-0.4, -0.2) is 11.7 Å². The van der Waals surface area contributed by atoms with Crippen LogP contribution in [0.1, 0.15) is 17.2 Å². The van der Waals surface area contributed by atoms with Crippen molar-refractivity contribution in [3.05, 3.63) is 63.6 Å². The van der Waals surface area contributed by atoms with Crippen LogP contribution in [0.2, 0.25) is 0 Å². The summed E-state index contributed by atoms with van der Waals surface area (Å²) in [5.41, 5.74) is 1.83. The first-order chi connectivity index (χ1) is 9.47.